The van der Waals surface area contributed by atoms with Crippen molar-refractivity contribution in [2.45, 2.75) is 268 Å². The van der Waals surface area contributed by atoms with Crippen molar-refractivity contribution in [3.8, 4) is 0 Å². The van der Waals surface area contributed by atoms with Gasteiger partial charge in [-0.1, -0.05) is 13.3 Å². The van der Waals surface area contributed by atoms with Crippen molar-refractivity contribution in [1.82, 2.24) is 42.9 Å². The largest absolute Gasteiger partial charge is 0.382 e. The maximum atomic E-state index is 11.4. The van der Waals surface area contributed by atoms with E-state index < -0.39 is 39.7 Å². The first-order valence-corrected chi connectivity index (χ1v) is 43.8. The SMILES string of the molecule is CC(C)N1CCC(S(C)(=O)=O)CC1.CC(C)N1CCCCC1.CC(C)N1CCCS1(=O)=O.CC(C)N1CCN(C)CC1.CC(C)N1CCN(S(C)(=O)=O)CC1.CC(C)OC1CCC1.CC(C)OCCCS(C)(=O)=O.CCC(=O)N1CCN(C(C)C)CC1.COCCOC(C)C. The summed E-state index contributed by atoms with van der Waals surface area (Å²) in [5.74, 6) is 0.855. The quantitative estimate of drug-likeness (QED) is 0.104. The Bertz CT molecular complexity index is 2290. The lowest BCUT2D eigenvalue weighted by Crippen LogP contribution is -2.50. The molecule has 6 heterocycles. The molecule has 0 unspecified atom stereocenters. The average Bonchev–Trinajstić information content (AvgIpc) is 1.83. The Hall–Kier alpha value is -1.21. The first-order chi connectivity index (χ1) is 44.0. The molecule has 6 aliphatic heterocycles. The summed E-state index contributed by atoms with van der Waals surface area (Å²) in [6, 6.07) is 3.30. The van der Waals surface area contributed by atoms with Gasteiger partial charge in [0.15, 0.2) is 0 Å². The minimum atomic E-state index is -2.97. The van der Waals surface area contributed by atoms with Crippen LogP contribution in [-0.2, 0) is 63.5 Å². The van der Waals surface area contributed by atoms with Gasteiger partial charge in [-0.3, -0.25) is 19.5 Å². The van der Waals surface area contributed by atoms with Crippen LogP contribution in [0.3, 0.4) is 0 Å². The van der Waals surface area contributed by atoms with E-state index in [1.165, 1.54) is 96.6 Å². The van der Waals surface area contributed by atoms with Crippen molar-refractivity contribution in [2.75, 3.05) is 176 Å². The number of amides is 1. The fourth-order valence-electron chi connectivity index (χ4n) is 11.0. The van der Waals surface area contributed by atoms with Gasteiger partial charge in [0.05, 0.1) is 60.6 Å². The number of carbonyl (C=O) groups excluding carboxylic acids is 1. The normalized spacial score (nSPS) is 20.4. The van der Waals surface area contributed by atoms with Gasteiger partial charge < -0.3 is 38.5 Å². The number of carbonyl (C=O) groups is 1. The van der Waals surface area contributed by atoms with E-state index in [2.05, 4.69) is 120 Å². The number of sulfone groups is 2. The number of piperazine rings is 3. The van der Waals surface area contributed by atoms with Gasteiger partial charge in [0, 0.05) is 154 Å². The van der Waals surface area contributed by atoms with E-state index in [1.54, 1.807) is 15.7 Å². The molecule has 7 rings (SSSR count). The van der Waals surface area contributed by atoms with E-state index in [1.807, 2.05) is 53.4 Å². The molecule has 1 amide bonds. The van der Waals surface area contributed by atoms with Gasteiger partial charge in [-0.15, -0.1) is 0 Å². The number of nitrogens with zero attached hydrogens (tertiary/aromatic N) is 9. The second-order valence-electron chi connectivity index (χ2n) is 28.9. The van der Waals surface area contributed by atoms with E-state index in [0.717, 1.165) is 83.7 Å². The minimum absolute atomic E-state index is 0.0949. The van der Waals surface area contributed by atoms with E-state index in [0.29, 0.717) is 100 Å². The molecule has 0 aromatic carbocycles. The molecule has 7 aliphatic rings. The number of ether oxygens (including phenoxy) is 4. The first-order valence-electron chi connectivity index (χ1n) is 36.3. The summed E-state index contributed by atoms with van der Waals surface area (Å²) in [5.41, 5.74) is 0. The topological polar surface area (TPSA) is 220 Å². The summed E-state index contributed by atoms with van der Waals surface area (Å²) in [6.45, 7) is 58.9. The maximum absolute atomic E-state index is 11.4. The monoisotopic (exact) mass is 1440 g/mol. The number of sulfonamides is 2. The van der Waals surface area contributed by atoms with Crippen LogP contribution >= 0.6 is 0 Å². The highest BCUT2D eigenvalue weighted by atomic mass is 32.2. The number of likely N-dealkylation sites (tertiary alicyclic amines) is 2. The van der Waals surface area contributed by atoms with Crippen LogP contribution in [0.25, 0.3) is 0 Å². The molecule has 572 valence electrons. The second-order valence-corrected chi connectivity index (χ2v) is 37.5. The Morgan fingerprint density at radius 1 is 0.463 bits per heavy atom. The third kappa shape index (κ3) is 49.1. The third-order valence-corrected chi connectivity index (χ3v) is 23.6. The van der Waals surface area contributed by atoms with Crippen LogP contribution in [0.2, 0.25) is 0 Å². The molecule has 6 saturated heterocycles. The Balaban J connectivity index is 0. The predicted molar refractivity (Wildman–Crippen MR) is 399 cm³/mol. The second kappa shape index (κ2) is 51.9. The molecule has 1 aliphatic carbocycles. The Morgan fingerprint density at radius 3 is 1.17 bits per heavy atom. The van der Waals surface area contributed by atoms with Crippen LogP contribution < -0.4 is 0 Å². The number of hydrogen-bond donors (Lipinski definition) is 0. The number of methoxy groups -OCH3 is 1. The molecule has 26 heteroatoms. The Morgan fingerprint density at radius 2 is 0.874 bits per heavy atom. The fraction of sp³-hybridized carbons (Fsp3) is 0.986. The van der Waals surface area contributed by atoms with Crippen molar-refractivity contribution in [3.05, 3.63) is 0 Å². The molecular formula is C69H149N9O13S4. The smallest absolute Gasteiger partial charge is 0.222 e. The fourth-order valence-corrected chi connectivity index (χ4v) is 15.3. The van der Waals surface area contributed by atoms with Crippen LogP contribution in [0.1, 0.15) is 202 Å². The Kier molecular flexibility index (Phi) is 52.3. The van der Waals surface area contributed by atoms with Gasteiger partial charge in [-0.05, 0) is 216 Å². The van der Waals surface area contributed by atoms with Gasteiger partial charge >= 0.3 is 0 Å². The van der Waals surface area contributed by atoms with Crippen LogP contribution in [0.5, 0.6) is 0 Å². The summed E-state index contributed by atoms with van der Waals surface area (Å²) in [5, 5.41) is -0.0949. The van der Waals surface area contributed by atoms with Crippen LogP contribution in [0.15, 0.2) is 0 Å². The van der Waals surface area contributed by atoms with Crippen molar-refractivity contribution in [3.63, 3.8) is 0 Å². The van der Waals surface area contributed by atoms with E-state index in [4.69, 9.17) is 18.9 Å². The highest BCUT2D eigenvalue weighted by Crippen LogP contribution is 2.23. The van der Waals surface area contributed by atoms with Crippen molar-refractivity contribution in [1.29, 1.82) is 0 Å². The summed E-state index contributed by atoms with van der Waals surface area (Å²) in [7, 11) is -7.56. The van der Waals surface area contributed by atoms with Crippen molar-refractivity contribution < 1.29 is 57.4 Å². The van der Waals surface area contributed by atoms with E-state index in [9.17, 15) is 38.5 Å². The summed E-state index contributed by atoms with van der Waals surface area (Å²) < 4.78 is 112. The highest BCUT2D eigenvalue weighted by molar-refractivity contribution is 7.91. The maximum Gasteiger partial charge on any atom is 0.222 e. The molecule has 0 spiro atoms. The molecule has 0 atom stereocenters. The van der Waals surface area contributed by atoms with E-state index >= 15 is 0 Å². The molecule has 0 aromatic heterocycles. The summed E-state index contributed by atoms with van der Waals surface area (Å²) >= 11 is 0. The number of rotatable bonds is 20. The predicted octanol–water partition coefficient (Wildman–Crippen LogP) is 8.65. The molecule has 95 heavy (non-hydrogen) atoms. The van der Waals surface area contributed by atoms with Crippen LogP contribution in [0, 0.1) is 0 Å². The lowest BCUT2D eigenvalue weighted by atomic mass is 9.96. The number of piperidine rings is 2. The van der Waals surface area contributed by atoms with Gasteiger partial charge in [-0.2, -0.15) is 8.61 Å². The molecule has 0 radical (unpaired) electrons. The van der Waals surface area contributed by atoms with Crippen molar-refractivity contribution in [2.24, 2.45) is 0 Å². The zero-order valence-corrected chi connectivity index (χ0v) is 68.4. The lowest BCUT2D eigenvalue weighted by molar-refractivity contribution is -0.132. The molecule has 22 nitrogen and oxygen atoms in total. The molecule has 0 aromatic rings. The van der Waals surface area contributed by atoms with E-state index in [-0.39, 0.29) is 23.1 Å². The molecular weight excluding hydrogens is 1290 g/mol. The zero-order chi connectivity index (χ0) is 73.3. The van der Waals surface area contributed by atoms with Crippen LogP contribution in [-0.4, -0.2) is 324 Å². The molecule has 0 N–H and O–H groups in total. The Labute approximate surface area is 586 Å². The lowest BCUT2D eigenvalue weighted by Gasteiger charge is -2.36. The number of hydrogen-bond acceptors (Lipinski definition) is 19. The summed E-state index contributed by atoms with van der Waals surface area (Å²) in [4.78, 5) is 27.8. The summed E-state index contributed by atoms with van der Waals surface area (Å²) in [6.07, 6.45) is 17.3. The number of likely N-dealkylation sites (N-methyl/N-ethyl adjacent to an activating group) is 1. The van der Waals surface area contributed by atoms with Crippen molar-refractivity contribution >= 4 is 45.6 Å². The zero-order valence-electron chi connectivity index (χ0n) is 65.2. The van der Waals surface area contributed by atoms with Gasteiger partial charge in [0.1, 0.15) is 19.7 Å². The average molecular weight is 1440 g/mol. The first kappa shape index (κ1) is 95.8. The van der Waals surface area contributed by atoms with Gasteiger partial charge in [-0.25, -0.2) is 33.7 Å². The van der Waals surface area contributed by atoms with Gasteiger partial charge in [0.2, 0.25) is 26.0 Å². The molecule has 1 saturated carbocycles. The third-order valence-electron chi connectivity index (χ3n) is 17.5. The standard InChI is InChI=1S/C10H20N2O.C9H19NO2S.C8H18N2O2S.C8H18N2.C8H17N.C7H16O3S.C7H14O.C6H13NO2S.C6H14O2/c1-4-10(13)12-7-5-11(6-8-12)9(2)3;1-8(2)10-6-4-9(5-7-10)13(3,11)12;1-8(2)9-4-6-10(7-5-9)13(3,11)12;1-8(2)10-6-4-9(3)5-7-10;1-8(2)9-6-4-3-5-7-9;1-7(2)10-5-4-6-11(3,8)9;1-6(2)8-7-4-3-5-7;1-6(2)7-4-3-5-10(7,8)9;1-6(2)8-5-4-7-3/h9H,4-8H2,1-3H3;8-9H,4-7H2,1-3H3;8H,4-7H2,1-3H3;8H,4-7H2,1-3H3;8H,3-7H2,1-2H3;7H,4-6H2,1-3H3;6-7H,3-5H2,1-2H3;6H,3-5H2,1-2H3;6H,4-5H2,1-3H3. The highest BCUT2D eigenvalue weighted by Gasteiger charge is 2.31. The molecule has 0 bridgehead atoms. The molecule has 7 fully saturated rings. The minimum Gasteiger partial charge on any atom is -0.382 e. The van der Waals surface area contributed by atoms with Crippen LogP contribution in [0.4, 0.5) is 0 Å². The van der Waals surface area contributed by atoms with Gasteiger partial charge in [0.25, 0.3) is 0 Å².